The van der Waals surface area contributed by atoms with E-state index in [2.05, 4.69) is 4.98 Å². The second-order valence-corrected chi connectivity index (χ2v) is 7.16. The number of hydrogen-bond acceptors (Lipinski definition) is 7. The van der Waals surface area contributed by atoms with Crippen molar-refractivity contribution in [2.45, 2.75) is 23.7 Å². The summed E-state index contributed by atoms with van der Waals surface area (Å²) in [4.78, 5) is 4.15. The SMILES string of the molecule is COc1ccc(-c2cncc(O[C@@H]3SC[C@@H](O)[C@H](O)[C@H]3O)c2)c(Cl)c1. The molecule has 8 heteroatoms. The Morgan fingerprint density at radius 2 is 1.92 bits per heavy atom. The van der Waals surface area contributed by atoms with Crippen molar-refractivity contribution >= 4 is 23.4 Å². The van der Waals surface area contributed by atoms with E-state index < -0.39 is 23.7 Å². The highest BCUT2D eigenvalue weighted by molar-refractivity contribution is 7.99. The number of pyridine rings is 1. The number of nitrogens with zero attached hydrogens (tertiary/aromatic N) is 1. The minimum absolute atomic E-state index is 0.278. The fraction of sp³-hybridized carbons (Fsp3) is 0.353. The number of aromatic nitrogens is 1. The molecule has 0 radical (unpaired) electrons. The molecule has 1 aliphatic heterocycles. The number of rotatable bonds is 4. The Bertz CT molecular complexity index is 747. The predicted molar refractivity (Wildman–Crippen MR) is 96.1 cm³/mol. The van der Waals surface area contributed by atoms with Crippen molar-refractivity contribution in [3.05, 3.63) is 41.7 Å². The standard InChI is InChI=1S/C17H18ClNO5S/c1-23-10-2-3-12(13(18)5-10)9-4-11(7-19-6-9)24-17-16(22)15(21)14(20)8-25-17/h2-7,14-17,20-22H,8H2,1H3/t14-,15+,16-,17-/m1/s1. The van der Waals surface area contributed by atoms with Gasteiger partial charge in [0, 0.05) is 23.1 Å². The number of thioether (sulfide) groups is 1. The molecule has 0 aliphatic carbocycles. The molecular formula is C17H18ClNO5S. The zero-order valence-electron chi connectivity index (χ0n) is 13.4. The maximum Gasteiger partial charge on any atom is 0.173 e. The number of methoxy groups -OCH3 is 1. The second-order valence-electron chi connectivity index (χ2n) is 5.62. The molecule has 1 aromatic carbocycles. The van der Waals surface area contributed by atoms with E-state index in [0.29, 0.717) is 16.5 Å². The minimum Gasteiger partial charge on any atom is -0.497 e. The van der Waals surface area contributed by atoms with Crippen LogP contribution >= 0.6 is 23.4 Å². The third-order valence-corrected chi connectivity index (χ3v) is 5.46. The Labute approximate surface area is 154 Å². The molecule has 4 atom stereocenters. The van der Waals surface area contributed by atoms with Gasteiger partial charge in [0.05, 0.1) is 24.4 Å². The highest BCUT2D eigenvalue weighted by atomic mass is 35.5. The van der Waals surface area contributed by atoms with E-state index >= 15 is 0 Å². The van der Waals surface area contributed by atoms with E-state index in [9.17, 15) is 15.3 Å². The predicted octanol–water partition coefficient (Wildman–Crippen LogP) is 1.94. The summed E-state index contributed by atoms with van der Waals surface area (Å²) in [5.74, 6) is 1.37. The molecule has 134 valence electrons. The lowest BCUT2D eigenvalue weighted by Gasteiger charge is -2.34. The molecule has 0 saturated carbocycles. The van der Waals surface area contributed by atoms with Gasteiger partial charge < -0.3 is 24.8 Å². The quantitative estimate of drug-likeness (QED) is 0.743. The number of hydrogen-bond donors (Lipinski definition) is 3. The summed E-state index contributed by atoms with van der Waals surface area (Å²) in [5.41, 5.74) is 0.829. The molecule has 2 heterocycles. The van der Waals surface area contributed by atoms with Crippen LogP contribution in [0.3, 0.4) is 0 Å². The van der Waals surface area contributed by atoms with E-state index in [1.807, 2.05) is 6.07 Å². The molecule has 1 aromatic heterocycles. The molecule has 3 N–H and O–H groups in total. The molecule has 1 fully saturated rings. The molecule has 3 rings (SSSR count). The van der Waals surface area contributed by atoms with Gasteiger partial charge in [0.1, 0.15) is 23.7 Å². The van der Waals surface area contributed by atoms with E-state index in [-0.39, 0.29) is 5.75 Å². The molecule has 0 unspecified atom stereocenters. The molecule has 6 nitrogen and oxygen atoms in total. The van der Waals surface area contributed by atoms with Crippen LogP contribution in [0.25, 0.3) is 11.1 Å². The van der Waals surface area contributed by atoms with Gasteiger partial charge in [-0.2, -0.15) is 0 Å². The van der Waals surface area contributed by atoms with Gasteiger partial charge in [0.2, 0.25) is 0 Å². The average molecular weight is 384 g/mol. The monoisotopic (exact) mass is 383 g/mol. The zero-order chi connectivity index (χ0) is 18.0. The smallest absolute Gasteiger partial charge is 0.173 e. The van der Waals surface area contributed by atoms with Crippen molar-refractivity contribution in [3.63, 3.8) is 0 Å². The summed E-state index contributed by atoms with van der Waals surface area (Å²) < 4.78 is 10.9. The zero-order valence-corrected chi connectivity index (χ0v) is 14.9. The highest BCUT2D eigenvalue weighted by Gasteiger charge is 2.38. The van der Waals surface area contributed by atoms with Gasteiger partial charge in [-0.1, -0.05) is 11.6 Å². The molecule has 1 saturated heterocycles. The fourth-order valence-electron chi connectivity index (χ4n) is 2.50. The Hall–Kier alpha value is -1.51. The van der Waals surface area contributed by atoms with Gasteiger partial charge in [0.15, 0.2) is 5.44 Å². The third-order valence-electron chi connectivity index (χ3n) is 3.91. The number of benzene rings is 1. The van der Waals surface area contributed by atoms with Gasteiger partial charge in [0.25, 0.3) is 0 Å². The summed E-state index contributed by atoms with van der Waals surface area (Å²) in [6.07, 6.45) is -0.224. The topological polar surface area (TPSA) is 92.0 Å². The van der Waals surface area contributed by atoms with Crippen LogP contribution in [0.15, 0.2) is 36.7 Å². The van der Waals surface area contributed by atoms with Crippen LogP contribution in [-0.2, 0) is 0 Å². The van der Waals surface area contributed by atoms with Gasteiger partial charge >= 0.3 is 0 Å². The van der Waals surface area contributed by atoms with Gasteiger partial charge in [-0.15, -0.1) is 11.8 Å². The van der Waals surface area contributed by atoms with Crippen LogP contribution in [0, 0.1) is 0 Å². The van der Waals surface area contributed by atoms with E-state index in [1.54, 1.807) is 31.5 Å². The van der Waals surface area contributed by atoms with Crippen molar-refractivity contribution < 1.29 is 24.8 Å². The largest absolute Gasteiger partial charge is 0.497 e. The number of aliphatic hydroxyl groups excluding tert-OH is 3. The van der Waals surface area contributed by atoms with Crippen molar-refractivity contribution in [1.82, 2.24) is 4.98 Å². The van der Waals surface area contributed by atoms with Gasteiger partial charge in [-0.05, 0) is 24.3 Å². The first-order chi connectivity index (χ1) is 12.0. The lowest BCUT2D eigenvalue weighted by Crippen LogP contribution is -2.50. The van der Waals surface area contributed by atoms with E-state index in [1.165, 1.54) is 18.0 Å². The van der Waals surface area contributed by atoms with Crippen LogP contribution in [0.1, 0.15) is 0 Å². The summed E-state index contributed by atoms with van der Waals surface area (Å²) >= 11 is 7.53. The summed E-state index contributed by atoms with van der Waals surface area (Å²) in [5, 5.41) is 29.9. The van der Waals surface area contributed by atoms with Crippen molar-refractivity contribution in [1.29, 1.82) is 0 Å². The molecule has 1 aliphatic rings. The average Bonchev–Trinajstić information content (AvgIpc) is 2.62. The number of halogens is 1. The third kappa shape index (κ3) is 4.02. The second kappa shape index (κ2) is 7.80. The van der Waals surface area contributed by atoms with Crippen LogP contribution in [-0.4, -0.2) is 56.9 Å². The Kier molecular flexibility index (Phi) is 5.71. The summed E-state index contributed by atoms with van der Waals surface area (Å²) in [6.45, 7) is 0. The molecule has 0 bridgehead atoms. The maximum atomic E-state index is 10.0. The Morgan fingerprint density at radius 3 is 2.64 bits per heavy atom. The van der Waals surface area contributed by atoms with Gasteiger partial charge in [-0.25, -0.2) is 0 Å². The van der Waals surface area contributed by atoms with Crippen LogP contribution in [0.4, 0.5) is 0 Å². The van der Waals surface area contributed by atoms with E-state index in [4.69, 9.17) is 21.1 Å². The fourth-order valence-corrected chi connectivity index (χ4v) is 3.91. The summed E-state index contributed by atoms with van der Waals surface area (Å²) in [7, 11) is 1.57. The van der Waals surface area contributed by atoms with Crippen LogP contribution in [0.5, 0.6) is 11.5 Å². The Morgan fingerprint density at radius 1 is 1.12 bits per heavy atom. The minimum atomic E-state index is -1.24. The Balaban J connectivity index is 1.80. The van der Waals surface area contributed by atoms with Crippen LogP contribution < -0.4 is 9.47 Å². The first-order valence-corrected chi connectivity index (χ1v) is 9.03. The molecule has 0 amide bonds. The summed E-state index contributed by atoms with van der Waals surface area (Å²) in [6, 6.07) is 7.09. The highest BCUT2D eigenvalue weighted by Crippen LogP contribution is 2.34. The first-order valence-electron chi connectivity index (χ1n) is 7.61. The van der Waals surface area contributed by atoms with Gasteiger partial charge in [-0.3, -0.25) is 4.98 Å². The number of aliphatic hydroxyl groups is 3. The lowest BCUT2D eigenvalue weighted by atomic mass is 10.1. The molecular weight excluding hydrogens is 366 g/mol. The molecule has 25 heavy (non-hydrogen) atoms. The van der Waals surface area contributed by atoms with Crippen LogP contribution in [0.2, 0.25) is 5.02 Å². The lowest BCUT2D eigenvalue weighted by molar-refractivity contribution is -0.0786. The first kappa shape index (κ1) is 18.3. The molecule has 0 spiro atoms. The van der Waals surface area contributed by atoms with Crippen molar-refractivity contribution in [3.8, 4) is 22.6 Å². The van der Waals surface area contributed by atoms with Crippen molar-refractivity contribution in [2.75, 3.05) is 12.9 Å². The molecule has 2 aromatic rings. The van der Waals surface area contributed by atoms with E-state index in [0.717, 1.165) is 11.1 Å². The number of ether oxygens (including phenoxy) is 2. The normalized spacial score (nSPS) is 26.3. The van der Waals surface area contributed by atoms with Crippen molar-refractivity contribution in [2.24, 2.45) is 0 Å². The maximum absolute atomic E-state index is 10.0.